The molecular weight excluding hydrogens is 304 g/mol. The van der Waals surface area contributed by atoms with E-state index in [4.69, 9.17) is 15.2 Å². The third-order valence-electron chi connectivity index (χ3n) is 3.77. The fraction of sp³-hybridized carbons (Fsp3) is 0.600. The molecule has 0 aromatic carbocycles. The van der Waals surface area contributed by atoms with E-state index in [0.29, 0.717) is 12.0 Å². The molecule has 0 aromatic rings. The monoisotopic (exact) mass is 326 g/mol. The Morgan fingerprint density at radius 2 is 2.17 bits per heavy atom. The summed E-state index contributed by atoms with van der Waals surface area (Å²) in [7, 11) is 0. The topological polar surface area (TPSA) is 122 Å². The molecule has 0 radical (unpaired) electrons. The van der Waals surface area contributed by atoms with Gasteiger partial charge in [0.2, 0.25) is 0 Å². The SMILES string of the molecule is CC(=O)C1=CN([C@@H]2O[C@H](COC(=O)[C@H](C)N)[C@@H](O)[C@H]2O)C=CC1. The first-order chi connectivity index (χ1) is 10.8. The Hall–Kier alpha value is -1.74. The van der Waals surface area contributed by atoms with Gasteiger partial charge in [-0.3, -0.25) is 9.59 Å². The number of Topliss-reactive ketones (excluding diaryl/α,β-unsaturated/α-hetero) is 1. The Morgan fingerprint density at radius 3 is 2.78 bits per heavy atom. The van der Waals surface area contributed by atoms with Gasteiger partial charge in [-0.05, 0) is 20.3 Å². The van der Waals surface area contributed by atoms with Crippen LogP contribution in [-0.2, 0) is 19.1 Å². The number of aliphatic hydroxyl groups excluding tert-OH is 2. The Kier molecular flexibility index (Phi) is 5.53. The number of nitrogens with two attached hydrogens (primary N) is 1. The molecule has 0 aliphatic carbocycles. The van der Waals surface area contributed by atoms with Crippen molar-refractivity contribution in [2.75, 3.05) is 6.61 Å². The van der Waals surface area contributed by atoms with Crippen LogP contribution in [0.5, 0.6) is 0 Å². The highest BCUT2D eigenvalue weighted by Crippen LogP contribution is 2.27. The van der Waals surface area contributed by atoms with Gasteiger partial charge in [-0.15, -0.1) is 0 Å². The van der Waals surface area contributed by atoms with Crippen LogP contribution in [-0.4, -0.2) is 64.1 Å². The number of aliphatic hydroxyl groups is 2. The van der Waals surface area contributed by atoms with Gasteiger partial charge in [-0.25, -0.2) is 0 Å². The molecule has 8 heteroatoms. The molecule has 0 spiro atoms. The molecule has 0 amide bonds. The third-order valence-corrected chi connectivity index (χ3v) is 3.77. The predicted molar refractivity (Wildman–Crippen MR) is 79.6 cm³/mol. The maximum absolute atomic E-state index is 11.5. The molecule has 8 nitrogen and oxygen atoms in total. The standard InChI is InChI=1S/C15H22N2O6/c1-8(16)15(21)22-7-11-12(19)13(20)14(23-11)17-5-3-4-10(6-17)9(2)18/h3,5-6,8,11-14,19-20H,4,7,16H2,1-2H3/t8-,11+,12+,13+,14+/m0/s1. The molecule has 1 fully saturated rings. The fourth-order valence-electron chi connectivity index (χ4n) is 2.38. The van der Waals surface area contributed by atoms with Crippen molar-refractivity contribution >= 4 is 11.8 Å². The molecule has 4 N–H and O–H groups in total. The van der Waals surface area contributed by atoms with E-state index in [1.165, 1.54) is 18.7 Å². The zero-order valence-corrected chi connectivity index (χ0v) is 13.1. The van der Waals surface area contributed by atoms with E-state index in [-0.39, 0.29) is 12.4 Å². The van der Waals surface area contributed by atoms with Crippen molar-refractivity contribution in [3.05, 3.63) is 24.0 Å². The van der Waals surface area contributed by atoms with Crippen LogP contribution in [0.15, 0.2) is 24.0 Å². The summed E-state index contributed by atoms with van der Waals surface area (Å²) in [6, 6.07) is -0.777. The van der Waals surface area contributed by atoms with Crippen molar-refractivity contribution in [2.24, 2.45) is 5.73 Å². The molecule has 128 valence electrons. The van der Waals surface area contributed by atoms with Gasteiger partial charge in [0.25, 0.3) is 0 Å². The van der Waals surface area contributed by atoms with Crippen LogP contribution in [0.4, 0.5) is 0 Å². The highest BCUT2D eigenvalue weighted by molar-refractivity contribution is 5.93. The first-order valence-electron chi connectivity index (χ1n) is 7.40. The number of carbonyl (C=O) groups is 2. The van der Waals surface area contributed by atoms with E-state index in [1.54, 1.807) is 18.5 Å². The van der Waals surface area contributed by atoms with E-state index in [9.17, 15) is 19.8 Å². The summed E-state index contributed by atoms with van der Waals surface area (Å²) in [5, 5.41) is 20.2. The minimum Gasteiger partial charge on any atom is -0.462 e. The molecule has 0 aromatic heterocycles. The van der Waals surface area contributed by atoms with Crippen LogP contribution in [0, 0.1) is 0 Å². The molecule has 0 bridgehead atoms. The summed E-state index contributed by atoms with van der Waals surface area (Å²) in [6.07, 6.45) is 1.36. The normalized spacial score (nSPS) is 31.7. The van der Waals surface area contributed by atoms with Crippen LogP contribution in [0.1, 0.15) is 20.3 Å². The van der Waals surface area contributed by atoms with E-state index in [2.05, 4.69) is 0 Å². The summed E-state index contributed by atoms with van der Waals surface area (Å²) < 4.78 is 10.5. The average molecular weight is 326 g/mol. The Balaban J connectivity index is 2.02. The smallest absolute Gasteiger partial charge is 0.322 e. The van der Waals surface area contributed by atoms with Crippen LogP contribution >= 0.6 is 0 Å². The lowest BCUT2D eigenvalue weighted by atomic mass is 10.1. The average Bonchev–Trinajstić information content (AvgIpc) is 2.80. The van der Waals surface area contributed by atoms with Crippen molar-refractivity contribution in [2.45, 2.75) is 50.8 Å². The number of ketones is 1. The summed E-state index contributed by atoms with van der Waals surface area (Å²) in [6.45, 7) is 2.73. The molecule has 0 saturated carbocycles. The number of nitrogens with zero attached hydrogens (tertiary/aromatic N) is 1. The molecule has 2 aliphatic rings. The molecule has 5 atom stereocenters. The lowest BCUT2D eigenvalue weighted by Gasteiger charge is -2.28. The molecule has 0 unspecified atom stereocenters. The second kappa shape index (κ2) is 7.22. The zero-order chi connectivity index (χ0) is 17.1. The molecule has 2 aliphatic heterocycles. The van der Waals surface area contributed by atoms with Crippen molar-refractivity contribution in [3.63, 3.8) is 0 Å². The molecule has 2 heterocycles. The van der Waals surface area contributed by atoms with Gasteiger partial charge in [-0.1, -0.05) is 6.08 Å². The van der Waals surface area contributed by atoms with Crippen molar-refractivity contribution in [1.82, 2.24) is 4.90 Å². The number of esters is 1. The number of rotatable bonds is 5. The van der Waals surface area contributed by atoms with Gasteiger partial charge in [0.15, 0.2) is 12.0 Å². The van der Waals surface area contributed by atoms with Crippen LogP contribution in [0.25, 0.3) is 0 Å². The predicted octanol–water partition coefficient (Wildman–Crippen LogP) is -0.984. The van der Waals surface area contributed by atoms with Gasteiger partial charge < -0.3 is 30.3 Å². The Bertz CT molecular complexity index is 530. The second-order valence-electron chi connectivity index (χ2n) is 5.71. The molecular formula is C15H22N2O6. The third kappa shape index (κ3) is 3.97. The van der Waals surface area contributed by atoms with E-state index >= 15 is 0 Å². The second-order valence-corrected chi connectivity index (χ2v) is 5.71. The number of ether oxygens (including phenoxy) is 2. The Morgan fingerprint density at radius 1 is 1.48 bits per heavy atom. The van der Waals surface area contributed by atoms with Crippen molar-refractivity contribution in [3.8, 4) is 0 Å². The lowest BCUT2D eigenvalue weighted by Crippen LogP contribution is -2.40. The number of carbonyl (C=O) groups excluding carboxylic acids is 2. The molecule has 2 rings (SSSR count). The van der Waals surface area contributed by atoms with Gasteiger partial charge >= 0.3 is 5.97 Å². The minimum absolute atomic E-state index is 0.0743. The maximum atomic E-state index is 11.5. The number of allylic oxidation sites excluding steroid dienone is 2. The van der Waals surface area contributed by atoms with E-state index < -0.39 is 36.6 Å². The van der Waals surface area contributed by atoms with E-state index in [1.807, 2.05) is 0 Å². The molecule has 1 saturated heterocycles. The maximum Gasteiger partial charge on any atom is 0.322 e. The highest BCUT2D eigenvalue weighted by Gasteiger charge is 2.45. The summed E-state index contributed by atoms with van der Waals surface area (Å²) in [4.78, 5) is 24.4. The summed E-state index contributed by atoms with van der Waals surface area (Å²) in [5.41, 5.74) is 5.96. The quantitative estimate of drug-likeness (QED) is 0.551. The summed E-state index contributed by atoms with van der Waals surface area (Å²) in [5.74, 6) is -0.690. The van der Waals surface area contributed by atoms with Crippen LogP contribution in [0.2, 0.25) is 0 Å². The fourth-order valence-corrected chi connectivity index (χ4v) is 2.38. The number of hydrogen-bond donors (Lipinski definition) is 3. The van der Waals surface area contributed by atoms with Gasteiger partial charge in [0.1, 0.15) is 31.0 Å². The Labute approximate surface area is 134 Å². The summed E-state index contributed by atoms with van der Waals surface area (Å²) >= 11 is 0. The van der Waals surface area contributed by atoms with Gasteiger partial charge in [0.05, 0.1) is 0 Å². The largest absolute Gasteiger partial charge is 0.462 e. The highest BCUT2D eigenvalue weighted by atomic mass is 16.6. The first kappa shape index (κ1) is 17.6. The molecule has 23 heavy (non-hydrogen) atoms. The van der Waals surface area contributed by atoms with Crippen molar-refractivity contribution < 1.29 is 29.3 Å². The minimum atomic E-state index is -1.22. The zero-order valence-electron chi connectivity index (χ0n) is 13.1. The van der Waals surface area contributed by atoms with Crippen molar-refractivity contribution in [1.29, 1.82) is 0 Å². The van der Waals surface area contributed by atoms with Gasteiger partial charge in [-0.2, -0.15) is 0 Å². The van der Waals surface area contributed by atoms with E-state index in [0.717, 1.165) is 0 Å². The van der Waals surface area contributed by atoms with Gasteiger partial charge in [0, 0.05) is 18.0 Å². The first-order valence-corrected chi connectivity index (χ1v) is 7.40. The number of hydrogen-bond acceptors (Lipinski definition) is 8. The van der Waals surface area contributed by atoms with Crippen LogP contribution < -0.4 is 5.73 Å². The van der Waals surface area contributed by atoms with Crippen LogP contribution in [0.3, 0.4) is 0 Å². The lowest BCUT2D eigenvalue weighted by molar-refractivity contribution is -0.151.